The van der Waals surface area contributed by atoms with Crippen LogP contribution >= 0.6 is 0 Å². The predicted octanol–water partition coefficient (Wildman–Crippen LogP) is 4.37. The quantitative estimate of drug-likeness (QED) is 0.745. The molecule has 30 heavy (non-hydrogen) atoms. The van der Waals surface area contributed by atoms with Crippen molar-refractivity contribution in [2.45, 2.75) is 51.2 Å². The van der Waals surface area contributed by atoms with Gasteiger partial charge in [0, 0.05) is 23.2 Å². The van der Waals surface area contributed by atoms with Crippen molar-refractivity contribution >= 4 is 11.7 Å². The van der Waals surface area contributed by atoms with E-state index in [0.717, 1.165) is 50.5 Å². The van der Waals surface area contributed by atoms with Crippen molar-refractivity contribution in [1.29, 1.82) is 0 Å². The highest BCUT2D eigenvalue weighted by atomic mass is 16.6. The minimum Gasteiger partial charge on any atom is -0.492 e. The summed E-state index contributed by atoms with van der Waals surface area (Å²) < 4.78 is 11.6. The molecule has 2 aromatic rings. The zero-order valence-electron chi connectivity index (χ0n) is 18.2. The van der Waals surface area contributed by atoms with Crippen LogP contribution in [-0.2, 0) is 21.5 Å². The topological polar surface area (TPSA) is 50.8 Å². The van der Waals surface area contributed by atoms with E-state index in [1.54, 1.807) is 0 Å². The molecule has 0 aromatic heterocycles. The van der Waals surface area contributed by atoms with Crippen molar-refractivity contribution in [3.63, 3.8) is 0 Å². The lowest BCUT2D eigenvalue weighted by atomic mass is 9.74. The number of carbonyl (C=O) groups excluding carboxylic acids is 1. The van der Waals surface area contributed by atoms with E-state index in [2.05, 4.69) is 40.5 Å². The molecule has 1 spiro atoms. The van der Waals surface area contributed by atoms with Crippen LogP contribution in [0.4, 0.5) is 5.69 Å². The fraction of sp³-hybridized carbons (Fsp3) is 0.480. The van der Waals surface area contributed by atoms with Crippen molar-refractivity contribution in [3.05, 3.63) is 59.7 Å². The van der Waals surface area contributed by atoms with Gasteiger partial charge in [0.15, 0.2) is 0 Å². The summed E-state index contributed by atoms with van der Waals surface area (Å²) in [6.45, 7) is 9.38. The largest absolute Gasteiger partial charge is 0.492 e. The van der Waals surface area contributed by atoms with E-state index in [1.807, 2.05) is 39.0 Å². The summed E-state index contributed by atoms with van der Waals surface area (Å²) in [4.78, 5) is 14.3. The van der Waals surface area contributed by atoms with Gasteiger partial charge in [0.05, 0.1) is 13.2 Å². The molecule has 2 heterocycles. The highest BCUT2D eigenvalue weighted by Crippen LogP contribution is 2.45. The van der Waals surface area contributed by atoms with E-state index in [1.165, 1.54) is 11.1 Å². The first-order chi connectivity index (χ1) is 14.3. The van der Waals surface area contributed by atoms with Crippen molar-refractivity contribution < 1.29 is 14.3 Å². The number of likely N-dealkylation sites (tertiary alicyclic amines) is 1. The molecule has 1 saturated heterocycles. The van der Waals surface area contributed by atoms with Crippen LogP contribution in [-0.4, -0.2) is 42.7 Å². The molecule has 0 atom stereocenters. The van der Waals surface area contributed by atoms with Gasteiger partial charge < -0.3 is 14.8 Å². The minimum atomic E-state index is -0.431. The summed E-state index contributed by atoms with van der Waals surface area (Å²) in [5.41, 5.74) is 3.30. The van der Waals surface area contributed by atoms with Gasteiger partial charge in [0.1, 0.15) is 11.4 Å². The Labute approximate surface area is 179 Å². The van der Waals surface area contributed by atoms with Gasteiger partial charge in [-0.2, -0.15) is 0 Å². The summed E-state index contributed by atoms with van der Waals surface area (Å²) in [6, 6.07) is 16.9. The predicted molar refractivity (Wildman–Crippen MR) is 119 cm³/mol. The van der Waals surface area contributed by atoms with Crippen LogP contribution in [0.3, 0.4) is 0 Å². The zero-order chi connectivity index (χ0) is 21.2. The van der Waals surface area contributed by atoms with E-state index in [4.69, 9.17) is 9.47 Å². The Morgan fingerprint density at radius 1 is 1.13 bits per heavy atom. The Bertz CT molecular complexity index is 881. The Morgan fingerprint density at radius 3 is 2.57 bits per heavy atom. The molecule has 1 N–H and O–H groups in total. The van der Waals surface area contributed by atoms with Gasteiger partial charge in [-0.25, -0.2) is 0 Å². The lowest BCUT2D eigenvalue weighted by Crippen LogP contribution is -2.46. The molecule has 0 aliphatic carbocycles. The second-order valence-electron chi connectivity index (χ2n) is 9.48. The Balaban J connectivity index is 1.35. The summed E-state index contributed by atoms with van der Waals surface area (Å²) >= 11 is 0. The Kier molecular flexibility index (Phi) is 5.74. The molecule has 0 radical (unpaired) electrons. The number of carbonyl (C=O) groups is 1. The molecule has 0 amide bonds. The van der Waals surface area contributed by atoms with Gasteiger partial charge in [-0.15, -0.1) is 0 Å². The SMILES string of the molecule is CC(C)(C)OC(=O)CN1CCC2(CC1)COc1cc(CNc3ccccc3)ccc12. The minimum absolute atomic E-state index is 0.0746. The number of rotatable bonds is 5. The number of hydrogen-bond acceptors (Lipinski definition) is 5. The van der Waals surface area contributed by atoms with Crippen LogP contribution in [0.5, 0.6) is 5.75 Å². The smallest absolute Gasteiger partial charge is 0.320 e. The summed E-state index contributed by atoms with van der Waals surface area (Å²) in [6.07, 6.45) is 2.01. The molecule has 0 bridgehead atoms. The molecule has 0 unspecified atom stereocenters. The second-order valence-corrected chi connectivity index (χ2v) is 9.48. The number of nitrogens with zero attached hydrogens (tertiary/aromatic N) is 1. The zero-order valence-corrected chi connectivity index (χ0v) is 18.2. The molecule has 4 rings (SSSR count). The number of piperidine rings is 1. The van der Waals surface area contributed by atoms with Gasteiger partial charge in [0.25, 0.3) is 0 Å². The number of esters is 1. The van der Waals surface area contributed by atoms with Gasteiger partial charge in [-0.05, 0) is 70.5 Å². The standard InChI is InChI=1S/C25H32N2O3/c1-24(2,3)30-23(28)17-27-13-11-25(12-14-27)18-29-22-15-19(9-10-21(22)25)16-26-20-7-5-4-6-8-20/h4-10,15,26H,11-14,16-18H2,1-3H3. The van der Waals surface area contributed by atoms with Gasteiger partial charge in [-0.1, -0.05) is 30.3 Å². The van der Waals surface area contributed by atoms with Gasteiger partial charge in [0.2, 0.25) is 0 Å². The highest BCUT2D eigenvalue weighted by Gasteiger charge is 2.43. The maximum Gasteiger partial charge on any atom is 0.320 e. The molecule has 2 aromatic carbocycles. The van der Waals surface area contributed by atoms with E-state index in [0.29, 0.717) is 6.54 Å². The third-order valence-electron chi connectivity index (χ3n) is 5.98. The fourth-order valence-corrected chi connectivity index (χ4v) is 4.40. The average molecular weight is 409 g/mol. The van der Waals surface area contributed by atoms with E-state index < -0.39 is 5.60 Å². The number of anilines is 1. The van der Waals surface area contributed by atoms with Crippen molar-refractivity contribution in [1.82, 2.24) is 4.90 Å². The van der Waals surface area contributed by atoms with E-state index in [-0.39, 0.29) is 11.4 Å². The molecule has 2 aliphatic heterocycles. The summed E-state index contributed by atoms with van der Waals surface area (Å²) in [5, 5.41) is 3.46. The van der Waals surface area contributed by atoms with E-state index >= 15 is 0 Å². The number of para-hydroxylation sites is 1. The van der Waals surface area contributed by atoms with Crippen LogP contribution < -0.4 is 10.1 Å². The fourth-order valence-electron chi connectivity index (χ4n) is 4.40. The number of benzene rings is 2. The molecule has 5 heteroatoms. The monoisotopic (exact) mass is 408 g/mol. The third kappa shape index (κ3) is 4.78. The number of nitrogens with one attached hydrogen (secondary N) is 1. The molecule has 1 fully saturated rings. The number of fused-ring (bicyclic) bond motifs is 2. The second kappa shape index (κ2) is 8.31. The lowest BCUT2D eigenvalue weighted by Gasteiger charge is -2.38. The van der Waals surface area contributed by atoms with Crippen molar-refractivity contribution in [2.75, 3.05) is 31.6 Å². The first kappa shape index (κ1) is 20.7. The Morgan fingerprint density at radius 2 is 1.87 bits per heavy atom. The van der Waals surface area contributed by atoms with Gasteiger partial charge >= 0.3 is 5.97 Å². The molecular weight excluding hydrogens is 376 g/mol. The van der Waals surface area contributed by atoms with Gasteiger partial charge in [-0.3, -0.25) is 9.69 Å². The molecule has 5 nitrogen and oxygen atoms in total. The average Bonchev–Trinajstić information content (AvgIpc) is 3.05. The molecule has 160 valence electrons. The van der Waals surface area contributed by atoms with Crippen LogP contribution in [0.1, 0.15) is 44.7 Å². The van der Waals surface area contributed by atoms with Crippen molar-refractivity contribution in [3.8, 4) is 5.75 Å². The third-order valence-corrected chi connectivity index (χ3v) is 5.98. The van der Waals surface area contributed by atoms with Crippen LogP contribution in [0.2, 0.25) is 0 Å². The maximum absolute atomic E-state index is 12.1. The maximum atomic E-state index is 12.1. The summed E-state index contributed by atoms with van der Waals surface area (Å²) in [7, 11) is 0. The first-order valence-corrected chi connectivity index (χ1v) is 10.8. The molecule has 2 aliphatic rings. The Hall–Kier alpha value is -2.53. The van der Waals surface area contributed by atoms with Crippen molar-refractivity contribution in [2.24, 2.45) is 0 Å². The van der Waals surface area contributed by atoms with E-state index in [9.17, 15) is 4.79 Å². The van der Waals surface area contributed by atoms with Crippen LogP contribution in [0, 0.1) is 0 Å². The number of ether oxygens (including phenoxy) is 2. The normalized spacial score (nSPS) is 18.0. The first-order valence-electron chi connectivity index (χ1n) is 10.8. The molecular formula is C25H32N2O3. The van der Waals surface area contributed by atoms with Crippen LogP contribution in [0.15, 0.2) is 48.5 Å². The summed E-state index contributed by atoms with van der Waals surface area (Å²) in [5.74, 6) is 0.875. The number of hydrogen-bond donors (Lipinski definition) is 1. The highest BCUT2D eigenvalue weighted by molar-refractivity contribution is 5.72. The molecule has 0 saturated carbocycles. The lowest BCUT2D eigenvalue weighted by molar-refractivity contribution is -0.156. The van der Waals surface area contributed by atoms with Crippen LogP contribution in [0.25, 0.3) is 0 Å².